The van der Waals surface area contributed by atoms with Gasteiger partial charge < -0.3 is 10.4 Å². The molecule has 1 aliphatic rings. The van der Waals surface area contributed by atoms with E-state index in [4.69, 9.17) is 5.11 Å². The van der Waals surface area contributed by atoms with Crippen LogP contribution in [0.25, 0.3) is 6.08 Å². The number of aliphatic hydroxyl groups excluding tert-OH is 1. The van der Waals surface area contributed by atoms with Crippen LogP contribution in [-0.2, 0) is 0 Å². The molecule has 2 rings (SSSR count). The number of benzene rings is 1. The van der Waals surface area contributed by atoms with Crippen molar-refractivity contribution < 1.29 is 5.11 Å². The van der Waals surface area contributed by atoms with Crippen molar-refractivity contribution in [3.63, 3.8) is 0 Å². The Balaban J connectivity index is 0.000000469. The van der Waals surface area contributed by atoms with Gasteiger partial charge in [0.2, 0.25) is 0 Å². The summed E-state index contributed by atoms with van der Waals surface area (Å²) in [4.78, 5) is 0. The standard InChI is InChI=1S/C13H19N.C3H6O.C3H6/c1-12(2)11-14-10-6-9-13-7-4-3-5-8-13;1-2-3-4;1-2-3-1/h3-9,12,14H,10-11H2,1-2H3;2,4H,1,3H2;1-3H2/b9-6+;;. The van der Waals surface area contributed by atoms with Crippen LogP contribution >= 0.6 is 0 Å². The summed E-state index contributed by atoms with van der Waals surface area (Å²) in [6.07, 6.45) is 10.2. The summed E-state index contributed by atoms with van der Waals surface area (Å²) >= 11 is 0. The van der Waals surface area contributed by atoms with E-state index in [1.165, 1.54) is 30.9 Å². The Morgan fingerprint density at radius 1 is 1.19 bits per heavy atom. The van der Waals surface area contributed by atoms with E-state index in [0.29, 0.717) is 0 Å². The molecule has 118 valence electrons. The molecule has 0 aliphatic heterocycles. The topological polar surface area (TPSA) is 32.3 Å². The number of hydrogen-bond acceptors (Lipinski definition) is 2. The summed E-state index contributed by atoms with van der Waals surface area (Å²) < 4.78 is 0. The van der Waals surface area contributed by atoms with E-state index in [1.54, 1.807) is 0 Å². The van der Waals surface area contributed by atoms with Gasteiger partial charge in [0.15, 0.2) is 0 Å². The Hall–Kier alpha value is -1.38. The molecule has 0 spiro atoms. The normalized spacial score (nSPS) is 12.2. The fraction of sp³-hybridized carbons (Fsp3) is 0.474. The van der Waals surface area contributed by atoms with E-state index >= 15 is 0 Å². The molecule has 1 aromatic carbocycles. The first-order valence-corrected chi connectivity index (χ1v) is 7.84. The minimum Gasteiger partial charge on any atom is -0.392 e. The van der Waals surface area contributed by atoms with Crippen LogP contribution in [0.5, 0.6) is 0 Å². The van der Waals surface area contributed by atoms with E-state index in [0.717, 1.165) is 19.0 Å². The molecular formula is C19H31NO. The average molecular weight is 289 g/mol. The van der Waals surface area contributed by atoms with E-state index in [1.807, 2.05) is 6.07 Å². The van der Waals surface area contributed by atoms with Crippen LogP contribution in [0.2, 0.25) is 0 Å². The first kappa shape index (κ1) is 19.6. The van der Waals surface area contributed by atoms with Crippen molar-refractivity contribution in [1.82, 2.24) is 5.32 Å². The molecule has 0 amide bonds. The molecule has 0 aromatic heterocycles. The van der Waals surface area contributed by atoms with Crippen molar-refractivity contribution >= 4 is 6.08 Å². The van der Waals surface area contributed by atoms with Gasteiger partial charge in [-0.05, 0) is 18.0 Å². The largest absolute Gasteiger partial charge is 0.392 e. The van der Waals surface area contributed by atoms with Crippen LogP contribution < -0.4 is 5.32 Å². The number of hydrogen-bond donors (Lipinski definition) is 2. The van der Waals surface area contributed by atoms with Gasteiger partial charge >= 0.3 is 0 Å². The molecule has 0 unspecified atom stereocenters. The molecule has 1 saturated carbocycles. The van der Waals surface area contributed by atoms with Crippen molar-refractivity contribution in [2.45, 2.75) is 33.1 Å². The Kier molecular flexibility index (Phi) is 14.0. The monoisotopic (exact) mass is 289 g/mol. The molecule has 21 heavy (non-hydrogen) atoms. The van der Waals surface area contributed by atoms with Crippen molar-refractivity contribution in [1.29, 1.82) is 0 Å². The van der Waals surface area contributed by atoms with Crippen molar-refractivity contribution in [3.8, 4) is 0 Å². The van der Waals surface area contributed by atoms with Crippen molar-refractivity contribution in [2.75, 3.05) is 19.7 Å². The van der Waals surface area contributed by atoms with E-state index in [9.17, 15) is 0 Å². The quantitative estimate of drug-likeness (QED) is 0.605. The molecule has 0 heterocycles. The zero-order valence-corrected chi connectivity index (χ0v) is 13.6. The minimum absolute atomic E-state index is 0.0833. The maximum absolute atomic E-state index is 7.76. The smallest absolute Gasteiger partial charge is 0.0609 e. The van der Waals surface area contributed by atoms with Gasteiger partial charge in [0.1, 0.15) is 0 Å². The van der Waals surface area contributed by atoms with Gasteiger partial charge in [0.25, 0.3) is 0 Å². The summed E-state index contributed by atoms with van der Waals surface area (Å²) in [6, 6.07) is 10.4. The molecule has 2 nitrogen and oxygen atoms in total. The Morgan fingerprint density at radius 2 is 1.76 bits per heavy atom. The fourth-order valence-electron chi connectivity index (χ4n) is 1.21. The Morgan fingerprint density at radius 3 is 2.19 bits per heavy atom. The second-order valence-electron chi connectivity index (χ2n) is 5.40. The zero-order chi connectivity index (χ0) is 15.8. The zero-order valence-electron chi connectivity index (χ0n) is 13.6. The lowest BCUT2D eigenvalue weighted by atomic mass is 10.2. The van der Waals surface area contributed by atoms with Crippen LogP contribution in [-0.4, -0.2) is 24.8 Å². The molecule has 1 fully saturated rings. The van der Waals surface area contributed by atoms with Crippen LogP contribution in [0.15, 0.2) is 49.1 Å². The lowest BCUT2D eigenvalue weighted by Crippen LogP contribution is -2.19. The highest BCUT2D eigenvalue weighted by Crippen LogP contribution is 2.14. The van der Waals surface area contributed by atoms with Crippen LogP contribution in [0.3, 0.4) is 0 Å². The lowest BCUT2D eigenvalue weighted by Gasteiger charge is -2.03. The van der Waals surface area contributed by atoms with Gasteiger partial charge in [-0.3, -0.25) is 0 Å². The summed E-state index contributed by atoms with van der Waals surface area (Å²) in [5.41, 5.74) is 1.26. The van der Waals surface area contributed by atoms with Crippen LogP contribution in [0.1, 0.15) is 38.7 Å². The molecule has 2 heteroatoms. The van der Waals surface area contributed by atoms with Gasteiger partial charge in [-0.15, -0.1) is 6.58 Å². The summed E-state index contributed by atoms with van der Waals surface area (Å²) in [7, 11) is 0. The summed E-state index contributed by atoms with van der Waals surface area (Å²) in [6.45, 7) is 9.78. The third-order valence-corrected chi connectivity index (χ3v) is 2.41. The average Bonchev–Trinajstić information content (AvgIpc) is 3.36. The number of aliphatic hydroxyl groups is 1. The predicted octanol–water partition coefficient (Wildman–Crippen LogP) is 4.28. The maximum atomic E-state index is 7.76. The highest BCUT2D eigenvalue weighted by molar-refractivity contribution is 5.48. The first-order chi connectivity index (χ1) is 10.2. The maximum Gasteiger partial charge on any atom is 0.0609 e. The summed E-state index contributed by atoms with van der Waals surface area (Å²) in [5, 5.41) is 11.1. The van der Waals surface area contributed by atoms with Crippen molar-refractivity contribution in [2.24, 2.45) is 5.92 Å². The second kappa shape index (κ2) is 15.0. The molecule has 2 N–H and O–H groups in total. The fourth-order valence-corrected chi connectivity index (χ4v) is 1.21. The molecule has 0 radical (unpaired) electrons. The molecule has 1 aromatic rings. The van der Waals surface area contributed by atoms with Crippen LogP contribution in [0.4, 0.5) is 0 Å². The third kappa shape index (κ3) is 18.6. The number of rotatable bonds is 6. The lowest BCUT2D eigenvalue weighted by molar-refractivity contribution is 0.343. The van der Waals surface area contributed by atoms with E-state index in [2.05, 4.69) is 62.2 Å². The Bertz CT molecular complexity index is 352. The molecule has 0 bridgehead atoms. The molecule has 0 saturated heterocycles. The number of nitrogens with one attached hydrogen (secondary N) is 1. The predicted molar refractivity (Wildman–Crippen MR) is 94.3 cm³/mol. The van der Waals surface area contributed by atoms with E-state index < -0.39 is 0 Å². The first-order valence-electron chi connectivity index (χ1n) is 7.84. The molecular weight excluding hydrogens is 258 g/mol. The van der Waals surface area contributed by atoms with Gasteiger partial charge in [0.05, 0.1) is 6.61 Å². The highest BCUT2D eigenvalue weighted by Gasteiger charge is 1.95. The Labute approximate surface area is 130 Å². The SMILES string of the molecule is C1CC1.C=CCO.CC(C)CNC/C=C/c1ccccc1. The van der Waals surface area contributed by atoms with Crippen LogP contribution in [0, 0.1) is 5.92 Å². The third-order valence-electron chi connectivity index (χ3n) is 2.41. The molecule has 0 atom stereocenters. The van der Waals surface area contributed by atoms with E-state index in [-0.39, 0.29) is 6.61 Å². The second-order valence-corrected chi connectivity index (χ2v) is 5.40. The van der Waals surface area contributed by atoms with Gasteiger partial charge in [-0.1, -0.05) is 81.7 Å². The van der Waals surface area contributed by atoms with Gasteiger partial charge in [-0.2, -0.15) is 0 Å². The highest BCUT2D eigenvalue weighted by atomic mass is 16.2. The minimum atomic E-state index is 0.0833. The van der Waals surface area contributed by atoms with Gasteiger partial charge in [0, 0.05) is 6.54 Å². The molecule has 1 aliphatic carbocycles. The van der Waals surface area contributed by atoms with Crippen molar-refractivity contribution in [3.05, 3.63) is 54.6 Å². The van der Waals surface area contributed by atoms with Gasteiger partial charge in [-0.25, -0.2) is 0 Å². The summed E-state index contributed by atoms with van der Waals surface area (Å²) in [5.74, 6) is 0.722.